The molecule has 0 aliphatic heterocycles. The predicted octanol–water partition coefficient (Wildman–Crippen LogP) is 3.53. The van der Waals surface area contributed by atoms with Gasteiger partial charge in [-0.2, -0.15) is 0 Å². The molecule has 0 saturated heterocycles. The minimum Gasteiger partial charge on any atom is -0.0754 e. The van der Waals surface area contributed by atoms with E-state index in [1.165, 1.54) is 35.1 Å². The van der Waals surface area contributed by atoms with Crippen LogP contribution in [0.2, 0.25) is 0 Å². The molecule has 1 aromatic rings. The van der Waals surface area contributed by atoms with Gasteiger partial charge in [-0.1, -0.05) is 37.6 Å². The summed E-state index contributed by atoms with van der Waals surface area (Å²) in [6, 6.07) is 4.49. The van der Waals surface area contributed by atoms with Gasteiger partial charge in [-0.05, 0) is 35.6 Å². The molecular formula is C13H15. The predicted molar refractivity (Wildman–Crippen MR) is 57.6 cm³/mol. The Labute approximate surface area is 80.3 Å². The van der Waals surface area contributed by atoms with E-state index in [2.05, 4.69) is 44.6 Å². The zero-order valence-corrected chi connectivity index (χ0v) is 8.30. The molecule has 2 rings (SSSR count). The lowest BCUT2D eigenvalue weighted by Crippen LogP contribution is -1.93. The molecule has 0 heterocycles. The Hall–Kier alpha value is -1.04. The van der Waals surface area contributed by atoms with E-state index >= 15 is 0 Å². The number of allylic oxidation sites excluding steroid dienone is 1. The van der Waals surface area contributed by atoms with E-state index < -0.39 is 0 Å². The van der Waals surface area contributed by atoms with Crippen LogP contribution in [0.15, 0.2) is 18.2 Å². The summed E-state index contributed by atoms with van der Waals surface area (Å²) in [5.74, 6) is 0. The van der Waals surface area contributed by atoms with E-state index in [0.29, 0.717) is 0 Å². The summed E-state index contributed by atoms with van der Waals surface area (Å²) in [6.45, 7) is 4.41. The van der Waals surface area contributed by atoms with Crippen LogP contribution in [0.3, 0.4) is 0 Å². The average molecular weight is 171 g/mol. The maximum atomic E-state index is 2.27. The average Bonchev–Trinajstić information content (AvgIpc) is 2.59. The topological polar surface area (TPSA) is 0 Å². The smallest absolute Gasteiger partial charge is 0.0134 e. The maximum Gasteiger partial charge on any atom is 0.0134 e. The molecule has 0 heteroatoms. The minimum absolute atomic E-state index is 1.20. The van der Waals surface area contributed by atoms with Gasteiger partial charge in [0.1, 0.15) is 0 Å². The number of rotatable bonds is 2. The van der Waals surface area contributed by atoms with Gasteiger partial charge in [-0.3, -0.25) is 0 Å². The van der Waals surface area contributed by atoms with Gasteiger partial charge in [0.15, 0.2) is 0 Å². The number of hydrogen-bond donors (Lipinski definition) is 0. The molecule has 0 saturated carbocycles. The Morgan fingerprint density at radius 3 is 2.77 bits per heavy atom. The first-order valence-electron chi connectivity index (χ1n) is 4.97. The van der Waals surface area contributed by atoms with E-state index in [1.54, 1.807) is 0 Å². The molecule has 0 nitrogen and oxygen atoms in total. The Kier molecular flexibility index (Phi) is 2.22. The normalized spacial score (nSPS) is 13.4. The fourth-order valence-electron chi connectivity index (χ4n) is 1.94. The van der Waals surface area contributed by atoms with Crippen LogP contribution in [-0.2, 0) is 6.42 Å². The minimum atomic E-state index is 1.20. The number of hydrogen-bond acceptors (Lipinski definition) is 0. The molecule has 0 amide bonds. The van der Waals surface area contributed by atoms with Crippen LogP contribution in [-0.4, -0.2) is 0 Å². The van der Waals surface area contributed by atoms with E-state index in [4.69, 9.17) is 0 Å². The van der Waals surface area contributed by atoms with Gasteiger partial charge in [0.25, 0.3) is 0 Å². The molecule has 13 heavy (non-hydrogen) atoms. The zero-order valence-electron chi connectivity index (χ0n) is 8.30. The molecule has 1 aliphatic rings. The molecule has 1 aliphatic carbocycles. The highest BCUT2D eigenvalue weighted by molar-refractivity contribution is 5.69. The third-order valence-corrected chi connectivity index (χ3v) is 2.64. The van der Waals surface area contributed by atoms with Gasteiger partial charge in [0.05, 0.1) is 0 Å². The van der Waals surface area contributed by atoms with Crippen molar-refractivity contribution in [2.24, 2.45) is 0 Å². The number of aryl methyl sites for hydroxylation is 2. The van der Waals surface area contributed by atoms with E-state index in [0.717, 1.165) is 0 Å². The van der Waals surface area contributed by atoms with Crippen LogP contribution < -0.4 is 0 Å². The first-order valence-corrected chi connectivity index (χ1v) is 4.97. The van der Waals surface area contributed by atoms with Crippen LogP contribution in [0.1, 0.15) is 35.6 Å². The fourth-order valence-corrected chi connectivity index (χ4v) is 1.94. The van der Waals surface area contributed by atoms with E-state index in [-0.39, 0.29) is 0 Å². The second kappa shape index (κ2) is 3.37. The van der Waals surface area contributed by atoms with Gasteiger partial charge >= 0.3 is 0 Å². The molecule has 67 valence electrons. The van der Waals surface area contributed by atoms with Gasteiger partial charge < -0.3 is 0 Å². The molecule has 0 fully saturated rings. The van der Waals surface area contributed by atoms with Gasteiger partial charge in [0.2, 0.25) is 0 Å². The molecule has 0 N–H and O–H groups in total. The molecule has 1 aromatic carbocycles. The Balaban J connectivity index is 2.47. The lowest BCUT2D eigenvalue weighted by molar-refractivity contribution is 0.915. The molecule has 0 bridgehead atoms. The summed E-state index contributed by atoms with van der Waals surface area (Å²) in [7, 11) is 0. The monoisotopic (exact) mass is 171 g/mol. The van der Waals surface area contributed by atoms with Gasteiger partial charge in [-0.25, -0.2) is 0 Å². The highest BCUT2D eigenvalue weighted by atomic mass is 14.2. The van der Waals surface area contributed by atoms with Crippen molar-refractivity contribution in [3.05, 3.63) is 46.9 Å². The summed E-state index contributed by atoms with van der Waals surface area (Å²) in [5.41, 5.74) is 5.75. The number of fused-ring (bicyclic) bond motifs is 1. The third-order valence-electron chi connectivity index (χ3n) is 2.64. The summed E-state index contributed by atoms with van der Waals surface area (Å²) >= 11 is 0. The van der Waals surface area contributed by atoms with Crippen LogP contribution >= 0.6 is 0 Å². The van der Waals surface area contributed by atoms with Crippen molar-refractivity contribution in [2.75, 3.05) is 0 Å². The summed E-state index contributed by atoms with van der Waals surface area (Å²) in [6.07, 6.45) is 9.01. The molecular weight excluding hydrogens is 156 g/mol. The van der Waals surface area contributed by atoms with Crippen molar-refractivity contribution in [3.63, 3.8) is 0 Å². The molecule has 1 radical (unpaired) electrons. The second-order valence-corrected chi connectivity index (χ2v) is 3.64. The SMILES string of the molecule is CCCc1ccc(C)c2c1[CH]C=C2. The quantitative estimate of drug-likeness (QED) is 0.638. The van der Waals surface area contributed by atoms with Crippen molar-refractivity contribution in [1.82, 2.24) is 0 Å². The van der Waals surface area contributed by atoms with Crippen LogP contribution in [0, 0.1) is 13.3 Å². The summed E-state index contributed by atoms with van der Waals surface area (Å²) in [5, 5.41) is 0. The largest absolute Gasteiger partial charge is 0.0754 e. The number of benzene rings is 1. The van der Waals surface area contributed by atoms with Crippen molar-refractivity contribution in [1.29, 1.82) is 0 Å². The fraction of sp³-hybridized carbons (Fsp3) is 0.308. The van der Waals surface area contributed by atoms with Crippen LogP contribution in [0.4, 0.5) is 0 Å². The van der Waals surface area contributed by atoms with Crippen LogP contribution in [0.5, 0.6) is 0 Å². The summed E-state index contributed by atoms with van der Waals surface area (Å²) < 4.78 is 0. The van der Waals surface area contributed by atoms with Crippen molar-refractivity contribution < 1.29 is 0 Å². The molecule has 0 aromatic heterocycles. The molecule has 0 atom stereocenters. The standard InChI is InChI=1S/C13H15/c1-3-5-11-9-8-10(2)12-6-4-7-13(11)12/h4,6-9H,3,5H2,1-2H3. The van der Waals surface area contributed by atoms with Gasteiger partial charge in [0, 0.05) is 6.42 Å². The van der Waals surface area contributed by atoms with Crippen molar-refractivity contribution >= 4 is 6.08 Å². The first kappa shape index (κ1) is 8.55. The van der Waals surface area contributed by atoms with Crippen LogP contribution in [0.25, 0.3) is 6.08 Å². The highest BCUT2D eigenvalue weighted by Crippen LogP contribution is 2.28. The van der Waals surface area contributed by atoms with Gasteiger partial charge in [-0.15, -0.1) is 0 Å². The third kappa shape index (κ3) is 1.41. The maximum absolute atomic E-state index is 2.27. The highest BCUT2D eigenvalue weighted by Gasteiger charge is 2.11. The molecule has 0 spiro atoms. The Morgan fingerprint density at radius 2 is 2.00 bits per heavy atom. The Morgan fingerprint density at radius 1 is 1.15 bits per heavy atom. The summed E-state index contributed by atoms with van der Waals surface area (Å²) in [4.78, 5) is 0. The van der Waals surface area contributed by atoms with E-state index in [9.17, 15) is 0 Å². The lowest BCUT2D eigenvalue weighted by Gasteiger charge is -2.09. The Bertz CT molecular complexity index is 345. The van der Waals surface area contributed by atoms with Crippen molar-refractivity contribution in [3.8, 4) is 0 Å². The van der Waals surface area contributed by atoms with Crippen molar-refractivity contribution in [2.45, 2.75) is 26.7 Å². The van der Waals surface area contributed by atoms with E-state index in [1.807, 2.05) is 0 Å². The lowest BCUT2D eigenvalue weighted by atomic mass is 9.96. The first-order chi connectivity index (χ1) is 6.33. The zero-order chi connectivity index (χ0) is 9.26. The second-order valence-electron chi connectivity index (χ2n) is 3.64. The molecule has 0 unspecified atom stereocenters.